The average Bonchev–Trinajstić information content (AvgIpc) is 2.93. The lowest BCUT2D eigenvalue weighted by Crippen LogP contribution is -2.53. The number of carbonyl (C=O) groups excluding carboxylic acids is 5. The number of ether oxygens (including phenoxy) is 4. The first kappa shape index (κ1) is 47.7. The van der Waals surface area contributed by atoms with Crippen molar-refractivity contribution >= 4 is 35.8 Å². The first-order valence-corrected chi connectivity index (χ1v) is 18.4. The second-order valence-corrected chi connectivity index (χ2v) is 17.4. The van der Waals surface area contributed by atoms with E-state index < -0.39 is 70.7 Å². The summed E-state index contributed by atoms with van der Waals surface area (Å²) >= 11 is 0. The van der Waals surface area contributed by atoms with Crippen molar-refractivity contribution in [2.45, 2.75) is 124 Å². The van der Waals surface area contributed by atoms with Gasteiger partial charge in [-0.1, -0.05) is 0 Å². The second kappa shape index (κ2) is 20.9. The zero-order valence-electron chi connectivity index (χ0n) is 34.3. The molecule has 16 nitrogen and oxygen atoms in total. The van der Waals surface area contributed by atoms with E-state index in [9.17, 15) is 28.8 Å². The highest BCUT2D eigenvalue weighted by atomic mass is 16.6. The number of nitrogens with zero attached hydrogens (tertiary/aromatic N) is 4. The molecule has 0 aromatic rings. The molecule has 16 heteroatoms. The quantitative estimate of drug-likeness (QED) is 0.205. The Morgan fingerprint density at radius 2 is 0.868 bits per heavy atom. The molecule has 0 saturated carbocycles. The summed E-state index contributed by atoms with van der Waals surface area (Å²) in [6, 6.07) is -0.914. The van der Waals surface area contributed by atoms with E-state index in [1.54, 1.807) is 83.1 Å². The van der Waals surface area contributed by atoms with Gasteiger partial charge in [-0.2, -0.15) is 0 Å². The van der Waals surface area contributed by atoms with Crippen molar-refractivity contribution in [2.75, 3.05) is 78.5 Å². The van der Waals surface area contributed by atoms with Gasteiger partial charge >= 0.3 is 29.8 Å². The summed E-state index contributed by atoms with van der Waals surface area (Å²) in [6.45, 7) is 23.3. The fourth-order valence-corrected chi connectivity index (χ4v) is 5.36. The molecule has 1 fully saturated rings. The van der Waals surface area contributed by atoms with Gasteiger partial charge in [0.2, 0.25) is 5.91 Å². The number of carbonyl (C=O) groups is 6. The summed E-state index contributed by atoms with van der Waals surface area (Å²) in [5.74, 6) is -3.55. The van der Waals surface area contributed by atoms with Crippen LogP contribution in [0.5, 0.6) is 0 Å². The third-order valence-corrected chi connectivity index (χ3v) is 7.39. The number of esters is 4. The van der Waals surface area contributed by atoms with Gasteiger partial charge in [-0.25, -0.2) is 0 Å². The van der Waals surface area contributed by atoms with E-state index in [2.05, 4.69) is 5.32 Å². The first-order chi connectivity index (χ1) is 24.1. The SMILES string of the molecule is CC(C)(C)OC(=O)CN1CCN(CC(=O)OC(C)(C)C)CCN(C(CCC(=O)NCC(=O)O)C(=O)OC(C)(C)C)CCN(CC(=O)OC(C)(C)C)CC1. The van der Waals surface area contributed by atoms with Gasteiger partial charge in [0.1, 0.15) is 35.0 Å². The third-order valence-electron chi connectivity index (χ3n) is 7.39. The van der Waals surface area contributed by atoms with Crippen molar-refractivity contribution in [1.82, 2.24) is 24.9 Å². The summed E-state index contributed by atoms with van der Waals surface area (Å²) in [4.78, 5) is 84.1. The summed E-state index contributed by atoms with van der Waals surface area (Å²) in [6.07, 6.45) is -0.112. The van der Waals surface area contributed by atoms with Gasteiger partial charge in [0.05, 0.1) is 19.6 Å². The molecule has 0 aromatic carbocycles. The topological polar surface area (TPSA) is 185 Å². The lowest BCUT2D eigenvalue weighted by molar-refractivity contribution is -0.163. The van der Waals surface area contributed by atoms with Crippen LogP contribution in [-0.4, -0.2) is 167 Å². The van der Waals surface area contributed by atoms with Crippen LogP contribution in [0.15, 0.2) is 0 Å². The van der Waals surface area contributed by atoms with Crippen LogP contribution in [0.4, 0.5) is 0 Å². The molecular formula is C37H67N5O11. The molecule has 1 aliphatic rings. The van der Waals surface area contributed by atoms with Gasteiger partial charge in [0.15, 0.2) is 0 Å². The summed E-state index contributed by atoms with van der Waals surface area (Å²) in [5.41, 5.74) is -2.94. The normalized spacial score (nSPS) is 17.4. The predicted octanol–water partition coefficient (Wildman–Crippen LogP) is 1.92. The largest absolute Gasteiger partial charge is 0.480 e. The number of amides is 1. The number of hydrogen-bond acceptors (Lipinski definition) is 14. The first-order valence-electron chi connectivity index (χ1n) is 18.4. The highest BCUT2D eigenvalue weighted by Gasteiger charge is 2.33. The van der Waals surface area contributed by atoms with Gasteiger partial charge in [-0.3, -0.25) is 48.4 Å². The van der Waals surface area contributed by atoms with Crippen molar-refractivity contribution in [1.29, 1.82) is 0 Å². The number of aliphatic carboxylic acids is 1. The van der Waals surface area contributed by atoms with E-state index >= 15 is 0 Å². The molecule has 53 heavy (non-hydrogen) atoms. The minimum Gasteiger partial charge on any atom is -0.480 e. The Bertz CT molecular complexity index is 1190. The fourth-order valence-electron chi connectivity index (χ4n) is 5.36. The molecule has 1 atom stereocenters. The maximum absolute atomic E-state index is 13.8. The maximum atomic E-state index is 13.8. The highest BCUT2D eigenvalue weighted by Crippen LogP contribution is 2.17. The second-order valence-electron chi connectivity index (χ2n) is 17.4. The monoisotopic (exact) mass is 757 g/mol. The standard InChI is InChI=1S/C37H67N5O11/c1-34(2,3)50-30(46)24-39-15-17-40(25-31(47)51-35(4,5)6)19-21-42(22-20-41(18-16-39)26-32(48)52-36(7,8)9)27(33(49)53-37(10,11)12)13-14-28(43)38-23-29(44)45/h27H,13-26H2,1-12H3,(H,38,43)(H,44,45). The number of carboxylic acid groups (broad SMARTS) is 1. The average molecular weight is 758 g/mol. The lowest BCUT2D eigenvalue weighted by Gasteiger charge is -2.37. The molecule has 0 aromatic heterocycles. The van der Waals surface area contributed by atoms with Crippen LogP contribution in [0.3, 0.4) is 0 Å². The molecule has 0 radical (unpaired) electrons. The molecule has 306 valence electrons. The fraction of sp³-hybridized carbons (Fsp3) is 0.838. The Balaban J connectivity index is 3.56. The molecule has 1 saturated heterocycles. The van der Waals surface area contributed by atoms with Gasteiger partial charge < -0.3 is 29.4 Å². The van der Waals surface area contributed by atoms with Gasteiger partial charge in [0, 0.05) is 58.8 Å². The third kappa shape index (κ3) is 23.8. The van der Waals surface area contributed by atoms with E-state index in [1.807, 2.05) is 19.6 Å². The predicted molar refractivity (Wildman–Crippen MR) is 198 cm³/mol. The number of rotatable bonds is 13. The van der Waals surface area contributed by atoms with Crippen LogP contribution in [0.1, 0.15) is 95.9 Å². The van der Waals surface area contributed by atoms with Gasteiger partial charge in [-0.05, 0) is 89.5 Å². The Hall–Kier alpha value is -3.34. The molecular weight excluding hydrogens is 690 g/mol. The summed E-state index contributed by atoms with van der Waals surface area (Å²) in [5, 5.41) is 11.4. The van der Waals surface area contributed by atoms with E-state index in [0.717, 1.165) is 0 Å². The van der Waals surface area contributed by atoms with E-state index in [0.29, 0.717) is 39.3 Å². The Morgan fingerprint density at radius 3 is 1.17 bits per heavy atom. The maximum Gasteiger partial charge on any atom is 0.323 e. The minimum atomic E-state index is -1.19. The Labute approximate surface area is 316 Å². The van der Waals surface area contributed by atoms with Gasteiger partial charge in [-0.15, -0.1) is 0 Å². The smallest absolute Gasteiger partial charge is 0.323 e. The molecule has 2 N–H and O–H groups in total. The van der Waals surface area contributed by atoms with E-state index in [4.69, 9.17) is 24.1 Å². The van der Waals surface area contributed by atoms with E-state index in [1.165, 1.54) is 0 Å². The van der Waals surface area contributed by atoms with Crippen LogP contribution < -0.4 is 5.32 Å². The molecule has 1 amide bonds. The van der Waals surface area contributed by atoms with Crippen molar-refractivity contribution in [3.8, 4) is 0 Å². The van der Waals surface area contributed by atoms with Crippen LogP contribution in [0, 0.1) is 0 Å². The molecule has 0 spiro atoms. The molecule has 1 heterocycles. The number of carboxylic acids is 1. The van der Waals surface area contributed by atoms with Crippen molar-refractivity contribution in [3.05, 3.63) is 0 Å². The number of nitrogens with one attached hydrogen (secondary N) is 1. The van der Waals surface area contributed by atoms with Gasteiger partial charge in [0.25, 0.3) is 0 Å². The van der Waals surface area contributed by atoms with Crippen LogP contribution in [0.25, 0.3) is 0 Å². The zero-order valence-corrected chi connectivity index (χ0v) is 34.3. The Morgan fingerprint density at radius 1 is 0.547 bits per heavy atom. The Kier molecular flexibility index (Phi) is 18.8. The summed E-state index contributed by atoms with van der Waals surface area (Å²) < 4.78 is 22.7. The highest BCUT2D eigenvalue weighted by molar-refractivity contribution is 5.82. The van der Waals surface area contributed by atoms with Crippen molar-refractivity contribution < 1.29 is 52.8 Å². The van der Waals surface area contributed by atoms with E-state index in [-0.39, 0.29) is 45.6 Å². The number of hydrogen-bond donors (Lipinski definition) is 2. The minimum absolute atomic E-state index is 0.00535. The van der Waals surface area contributed by atoms with Crippen LogP contribution in [-0.2, 0) is 47.7 Å². The van der Waals surface area contributed by atoms with Crippen molar-refractivity contribution in [2.24, 2.45) is 0 Å². The van der Waals surface area contributed by atoms with Crippen LogP contribution >= 0.6 is 0 Å². The summed E-state index contributed by atoms with van der Waals surface area (Å²) in [7, 11) is 0. The molecule has 1 aliphatic heterocycles. The lowest BCUT2D eigenvalue weighted by atomic mass is 10.1. The molecule has 1 rings (SSSR count). The molecule has 0 aliphatic carbocycles. The molecule has 0 bridgehead atoms. The van der Waals surface area contributed by atoms with Crippen LogP contribution in [0.2, 0.25) is 0 Å². The van der Waals surface area contributed by atoms with Crippen molar-refractivity contribution in [3.63, 3.8) is 0 Å². The zero-order chi connectivity index (χ0) is 40.8. The molecule has 1 unspecified atom stereocenters.